The zero-order chi connectivity index (χ0) is 12.0. The smallest absolute Gasteiger partial charge is 0.153 e. The fraction of sp³-hybridized carbons (Fsp3) is 0.250. The number of rotatable bonds is 5. The van der Waals surface area contributed by atoms with E-state index in [9.17, 15) is 4.79 Å². The third kappa shape index (κ3) is 3.44. The van der Waals surface area contributed by atoms with E-state index in [-0.39, 0.29) is 0 Å². The highest BCUT2D eigenvalue weighted by Gasteiger charge is 2.09. The summed E-state index contributed by atoms with van der Waals surface area (Å²) in [5.74, 6) is 2.86. The highest BCUT2D eigenvalue weighted by molar-refractivity contribution is 6.36. The first-order valence-corrected chi connectivity index (χ1v) is 5.45. The minimum Gasteiger partial charge on any atom is -0.491 e. The van der Waals surface area contributed by atoms with Crippen LogP contribution in [0.4, 0.5) is 0 Å². The fourth-order valence-corrected chi connectivity index (χ4v) is 1.73. The van der Waals surface area contributed by atoms with Crippen molar-refractivity contribution in [3.63, 3.8) is 0 Å². The maximum atomic E-state index is 10.8. The molecule has 0 aliphatic rings. The van der Waals surface area contributed by atoms with Crippen LogP contribution in [0.5, 0.6) is 5.75 Å². The van der Waals surface area contributed by atoms with Gasteiger partial charge in [-0.15, -0.1) is 12.3 Å². The number of hydrogen-bond donors (Lipinski definition) is 0. The van der Waals surface area contributed by atoms with E-state index in [2.05, 4.69) is 5.92 Å². The first kappa shape index (κ1) is 12.9. The SMILES string of the molecule is C#CCCCOc1c(Cl)cc(Cl)cc1C=O. The Balaban J connectivity index is 2.78. The quantitative estimate of drug-likeness (QED) is 0.457. The van der Waals surface area contributed by atoms with E-state index in [0.29, 0.717) is 47.1 Å². The molecule has 0 atom stereocenters. The minimum absolute atomic E-state index is 0.329. The average molecular weight is 257 g/mol. The van der Waals surface area contributed by atoms with Crippen molar-refractivity contribution in [2.24, 2.45) is 0 Å². The van der Waals surface area contributed by atoms with Crippen molar-refractivity contribution in [1.82, 2.24) is 0 Å². The third-order valence-corrected chi connectivity index (χ3v) is 2.37. The predicted octanol–water partition coefficient (Wildman–Crippen LogP) is 3.60. The Labute approximate surface area is 105 Å². The van der Waals surface area contributed by atoms with Gasteiger partial charge >= 0.3 is 0 Å². The summed E-state index contributed by atoms with van der Waals surface area (Å²) in [4.78, 5) is 10.8. The molecule has 0 aliphatic carbocycles. The monoisotopic (exact) mass is 256 g/mol. The molecule has 0 fully saturated rings. The molecule has 1 aromatic carbocycles. The van der Waals surface area contributed by atoms with Crippen molar-refractivity contribution in [2.45, 2.75) is 12.8 Å². The summed E-state index contributed by atoms with van der Waals surface area (Å²) in [5.41, 5.74) is 0.346. The molecular formula is C12H10Cl2O2. The number of terminal acetylenes is 1. The lowest BCUT2D eigenvalue weighted by Crippen LogP contribution is -2.00. The molecule has 0 radical (unpaired) electrons. The van der Waals surface area contributed by atoms with Crippen LogP contribution in [0.3, 0.4) is 0 Å². The lowest BCUT2D eigenvalue weighted by atomic mass is 10.2. The lowest BCUT2D eigenvalue weighted by molar-refractivity contribution is 0.111. The molecule has 1 aromatic rings. The van der Waals surface area contributed by atoms with Gasteiger partial charge in [-0.2, -0.15) is 0 Å². The molecule has 84 valence electrons. The van der Waals surface area contributed by atoms with Crippen LogP contribution in [0.15, 0.2) is 12.1 Å². The van der Waals surface area contributed by atoms with E-state index < -0.39 is 0 Å². The Hall–Kier alpha value is -1.17. The van der Waals surface area contributed by atoms with Gasteiger partial charge in [0.05, 0.1) is 17.2 Å². The molecule has 4 heteroatoms. The van der Waals surface area contributed by atoms with Gasteiger partial charge in [-0.25, -0.2) is 0 Å². The van der Waals surface area contributed by atoms with Gasteiger partial charge in [-0.1, -0.05) is 23.2 Å². The van der Waals surface area contributed by atoms with Crippen molar-refractivity contribution in [1.29, 1.82) is 0 Å². The summed E-state index contributed by atoms with van der Waals surface area (Å²) in [6, 6.07) is 3.05. The first-order valence-electron chi connectivity index (χ1n) is 4.69. The lowest BCUT2D eigenvalue weighted by Gasteiger charge is -2.09. The molecule has 0 aromatic heterocycles. The van der Waals surface area contributed by atoms with Gasteiger partial charge in [0, 0.05) is 11.4 Å². The van der Waals surface area contributed by atoms with Crippen molar-refractivity contribution in [2.75, 3.05) is 6.61 Å². The molecule has 0 bridgehead atoms. The van der Waals surface area contributed by atoms with Gasteiger partial charge in [0.2, 0.25) is 0 Å². The van der Waals surface area contributed by atoms with E-state index in [1.807, 2.05) is 0 Å². The van der Waals surface area contributed by atoms with Gasteiger partial charge in [-0.05, 0) is 18.6 Å². The summed E-state index contributed by atoms with van der Waals surface area (Å²) < 4.78 is 5.40. The number of ether oxygens (including phenoxy) is 1. The number of halogens is 2. The largest absolute Gasteiger partial charge is 0.491 e. The molecule has 0 unspecified atom stereocenters. The molecule has 0 saturated heterocycles. The van der Waals surface area contributed by atoms with Crippen LogP contribution in [0.1, 0.15) is 23.2 Å². The van der Waals surface area contributed by atoms with Gasteiger partial charge in [0.25, 0.3) is 0 Å². The van der Waals surface area contributed by atoms with Crippen molar-refractivity contribution in [3.05, 3.63) is 27.7 Å². The Kier molecular flexibility index (Phi) is 5.18. The van der Waals surface area contributed by atoms with E-state index >= 15 is 0 Å². The van der Waals surface area contributed by atoms with Gasteiger partial charge in [-0.3, -0.25) is 4.79 Å². The summed E-state index contributed by atoms with van der Waals surface area (Å²) in [6.45, 7) is 0.423. The second-order valence-electron chi connectivity index (χ2n) is 3.08. The maximum absolute atomic E-state index is 10.8. The Morgan fingerprint density at radius 1 is 1.44 bits per heavy atom. The van der Waals surface area contributed by atoms with Gasteiger partial charge in [0.1, 0.15) is 5.75 Å². The molecule has 0 N–H and O–H groups in total. The zero-order valence-electron chi connectivity index (χ0n) is 8.50. The first-order chi connectivity index (χ1) is 7.69. The van der Waals surface area contributed by atoms with Gasteiger partial charge in [0.15, 0.2) is 6.29 Å². The number of aldehydes is 1. The molecule has 0 amide bonds. The molecule has 0 spiro atoms. The number of hydrogen-bond acceptors (Lipinski definition) is 2. The number of carbonyl (C=O) groups excluding carboxylic acids is 1. The fourth-order valence-electron chi connectivity index (χ4n) is 1.17. The molecule has 2 nitrogen and oxygen atoms in total. The Bertz CT molecular complexity index is 422. The Morgan fingerprint density at radius 2 is 2.19 bits per heavy atom. The molecule has 1 rings (SSSR count). The minimum atomic E-state index is 0.329. The number of carbonyl (C=O) groups is 1. The maximum Gasteiger partial charge on any atom is 0.153 e. The number of unbranched alkanes of at least 4 members (excludes halogenated alkanes) is 1. The van der Waals surface area contributed by atoms with Crippen LogP contribution in [0.2, 0.25) is 10.0 Å². The van der Waals surface area contributed by atoms with Crippen molar-refractivity contribution >= 4 is 29.5 Å². The zero-order valence-corrected chi connectivity index (χ0v) is 10.0. The van der Waals surface area contributed by atoms with E-state index in [4.69, 9.17) is 34.4 Å². The number of benzene rings is 1. The van der Waals surface area contributed by atoms with Crippen LogP contribution in [-0.4, -0.2) is 12.9 Å². The normalized spacial score (nSPS) is 9.56. The molecule has 0 heterocycles. The third-order valence-electron chi connectivity index (χ3n) is 1.88. The van der Waals surface area contributed by atoms with E-state index in [0.717, 1.165) is 0 Å². The van der Waals surface area contributed by atoms with Crippen molar-refractivity contribution in [3.8, 4) is 18.1 Å². The summed E-state index contributed by atoms with van der Waals surface area (Å²) in [7, 11) is 0. The average Bonchev–Trinajstić information content (AvgIpc) is 2.26. The summed E-state index contributed by atoms with van der Waals surface area (Å²) in [5, 5.41) is 0.735. The molecule has 0 aliphatic heterocycles. The predicted molar refractivity (Wildman–Crippen MR) is 65.4 cm³/mol. The standard InChI is InChI=1S/C12H10Cl2O2/c1-2-3-4-5-16-12-9(8-15)6-10(13)7-11(12)14/h1,6-8H,3-5H2. The van der Waals surface area contributed by atoms with Crippen LogP contribution < -0.4 is 4.74 Å². The molecule has 0 saturated carbocycles. The van der Waals surface area contributed by atoms with E-state index in [1.54, 1.807) is 0 Å². The van der Waals surface area contributed by atoms with Crippen LogP contribution in [0.25, 0.3) is 0 Å². The highest BCUT2D eigenvalue weighted by Crippen LogP contribution is 2.31. The molecular weight excluding hydrogens is 247 g/mol. The Morgan fingerprint density at radius 3 is 2.81 bits per heavy atom. The highest BCUT2D eigenvalue weighted by atomic mass is 35.5. The second-order valence-corrected chi connectivity index (χ2v) is 3.92. The van der Waals surface area contributed by atoms with Crippen LogP contribution in [-0.2, 0) is 0 Å². The van der Waals surface area contributed by atoms with Crippen LogP contribution in [0, 0.1) is 12.3 Å². The van der Waals surface area contributed by atoms with E-state index in [1.165, 1.54) is 12.1 Å². The van der Waals surface area contributed by atoms with Crippen molar-refractivity contribution < 1.29 is 9.53 Å². The van der Waals surface area contributed by atoms with Crippen LogP contribution >= 0.6 is 23.2 Å². The topological polar surface area (TPSA) is 26.3 Å². The molecule has 16 heavy (non-hydrogen) atoms. The second kappa shape index (κ2) is 6.42. The summed E-state index contributed by atoms with van der Waals surface area (Å²) in [6.07, 6.45) is 7.11. The van der Waals surface area contributed by atoms with Gasteiger partial charge < -0.3 is 4.74 Å². The summed E-state index contributed by atoms with van der Waals surface area (Å²) >= 11 is 11.7.